The first-order chi connectivity index (χ1) is 10.2. The van der Waals surface area contributed by atoms with Crippen LogP contribution in [0.15, 0.2) is 53.1 Å². The molecule has 1 atom stereocenters. The van der Waals surface area contributed by atoms with Crippen LogP contribution in [0.3, 0.4) is 0 Å². The number of aliphatic hydroxyl groups is 1. The van der Waals surface area contributed by atoms with E-state index in [9.17, 15) is 5.11 Å². The first-order valence-electron chi connectivity index (χ1n) is 7.38. The zero-order chi connectivity index (χ0) is 14.3. The number of aromatic nitrogens is 1. The van der Waals surface area contributed by atoms with Gasteiger partial charge in [0, 0.05) is 29.5 Å². The summed E-state index contributed by atoms with van der Waals surface area (Å²) in [5.74, 6) is 0.921. The molecule has 4 rings (SSSR count). The van der Waals surface area contributed by atoms with Crippen LogP contribution in [0.1, 0.15) is 29.9 Å². The van der Waals surface area contributed by atoms with Gasteiger partial charge in [0.15, 0.2) is 0 Å². The molecule has 1 aliphatic carbocycles. The number of nitrogens with zero attached hydrogens (tertiary/aromatic N) is 1. The van der Waals surface area contributed by atoms with E-state index in [0.717, 1.165) is 47.2 Å². The Balaban J connectivity index is 1.72. The minimum absolute atomic E-state index is 0.532. The van der Waals surface area contributed by atoms with Crippen molar-refractivity contribution in [3.05, 3.63) is 65.7 Å². The average Bonchev–Trinajstić information content (AvgIpc) is 2.97. The number of aryl methyl sites for hydroxylation is 1. The number of furan rings is 1. The lowest BCUT2D eigenvalue weighted by Gasteiger charge is -2.31. The number of hydrogen-bond donors (Lipinski definition) is 1. The maximum absolute atomic E-state index is 11.0. The topological polar surface area (TPSA) is 46.3 Å². The zero-order valence-electron chi connectivity index (χ0n) is 11.7. The molecule has 0 amide bonds. The zero-order valence-corrected chi connectivity index (χ0v) is 11.7. The van der Waals surface area contributed by atoms with Gasteiger partial charge in [0.2, 0.25) is 0 Å². The Morgan fingerprint density at radius 2 is 2.05 bits per heavy atom. The highest BCUT2D eigenvalue weighted by atomic mass is 16.3. The van der Waals surface area contributed by atoms with Gasteiger partial charge >= 0.3 is 0 Å². The summed E-state index contributed by atoms with van der Waals surface area (Å²) in [6.07, 6.45) is 4.83. The van der Waals surface area contributed by atoms with E-state index in [1.807, 2.05) is 30.3 Å². The molecular formula is C18H17NO2. The van der Waals surface area contributed by atoms with E-state index < -0.39 is 5.60 Å². The van der Waals surface area contributed by atoms with Crippen LogP contribution in [0, 0.1) is 0 Å². The number of rotatable bonds is 2. The number of benzene rings is 1. The van der Waals surface area contributed by atoms with Crippen LogP contribution in [0.5, 0.6) is 0 Å². The van der Waals surface area contributed by atoms with Crippen molar-refractivity contribution >= 4 is 10.9 Å². The Hall–Kier alpha value is -2.13. The second-order valence-corrected chi connectivity index (χ2v) is 5.81. The molecule has 0 radical (unpaired) electrons. The average molecular weight is 279 g/mol. The summed E-state index contributed by atoms with van der Waals surface area (Å²) in [4.78, 5) is 4.68. The Labute approximate surface area is 123 Å². The minimum atomic E-state index is -0.851. The molecule has 3 nitrogen and oxygen atoms in total. The van der Waals surface area contributed by atoms with E-state index in [0.29, 0.717) is 6.42 Å². The lowest BCUT2D eigenvalue weighted by atomic mass is 9.80. The molecule has 0 aliphatic heterocycles. The van der Waals surface area contributed by atoms with Crippen LogP contribution in [0.4, 0.5) is 0 Å². The van der Waals surface area contributed by atoms with Crippen LogP contribution >= 0.6 is 0 Å². The Kier molecular flexibility index (Phi) is 2.82. The molecule has 0 fully saturated rings. The summed E-state index contributed by atoms with van der Waals surface area (Å²) in [5.41, 5.74) is 1.98. The smallest absolute Gasteiger partial charge is 0.109 e. The van der Waals surface area contributed by atoms with Gasteiger partial charge in [-0.1, -0.05) is 24.3 Å². The minimum Gasteiger partial charge on any atom is -0.469 e. The van der Waals surface area contributed by atoms with Crippen molar-refractivity contribution < 1.29 is 9.52 Å². The molecular weight excluding hydrogens is 262 g/mol. The van der Waals surface area contributed by atoms with Gasteiger partial charge in [-0.3, -0.25) is 4.98 Å². The van der Waals surface area contributed by atoms with Gasteiger partial charge in [-0.25, -0.2) is 0 Å². The highest BCUT2D eigenvalue weighted by Crippen LogP contribution is 2.38. The Bertz CT molecular complexity index is 793. The first kappa shape index (κ1) is 12.6. The van der Waals surface area contributed by atoms with E-state index in [-0.39, 0.29) is 0 Å². The predicted molar refractivity (Wildman–Crippen MR) is 81.0 cm³/mol. The first-order valence-corrected chi connectivity index (χ1v) is 7.38. The van der Waals surface area contributed by atoms with Gasteiger partial charge in [-0.05, 0) is 31.0 Å². The second-order valence-electron chi connectivity index (χ2n) is 5.81. The fourth-order valence-corrected chi connectivity index (χ4v) is 3.31. The molecule has 1 N–H and O–H groups in total. The van der Waals surface area contributed by atoms with E-state index in [4.69, 9.17) is 4.42 Å². The fourth-order valence-electron chi connectivity index (χ4n) is 3.31. The van der Waals surface area contributed by atoms with Gasteiger partial charge in [0.25, 0.3) is 0 Å². The summed E-state index contributed by atoms with van der Waals surface area (Å²) in [6, 6.07) is 14.0. The van der Waals surface area contributed by atoms with Crippen LogP contribution < -0.4 is 0 Å². The number of pyridine rings is 1. The van der Waals surface area contributed by atoms with Gasteiger partial charge in [-0.15, -0.1) is 0 Å². The van der Waals surface area contributed by atoms with Crippen molar-refractivity contribution in [3.63, 3.8) is 0 Å². The molecule has 0 bridgehead atoms. The third kappa shape index (κ3) is 2.14. The van der Waals surface area contributed by atoms with Crippen LogP contribution in [-0.2, 0) is 18.4 Å². The van der Waals surface area contributed by atoms with Crippen molar-refractivity contribution in [2.45, 2.75) is 31.3 Å². The Morgan fingerprint density at radius 1 is 1.14 bits per heavy atom. The van der Waals surface area contributed by atoms with Crippen molar-refractivity contribution in [2.24, 2.45) is 0 Å². The number of hydrogen-bond acceptors (Lipinski definition) is 3. The third-order valence-electron chi connectivity index (χ3n) is 4.37. The largest absolute Gasteiger partial charge is 0.469 e. The van der Waals surface area contributed by atoms with Crippen molar-refractivity contribution in [1.82, 2.24) is 4.98 Å². The van der Waals surface area contributed by atoms with Gasteiger partial charge in [0.1, 0.15) is 5.76 Å². The predicted octanol–water partition coefficient (Wildman–Crippen LogP) is 3.59. The summed E-state index contributed by atoms with van der Waals surface area (Å²) < 4.78 is 5.48. The monoisotopic (exact) mass is 279 g/mol. The van der Waals surface area contributed by atoms with E-state index in [1.165, 1.54) is 0 Å². The molecule has 106 valence electrons. The lowest BCUT2D eigenvalue weighted by Crippen LogP contribution is -2.32. The normalized spacial score (nSPS) is 21.4. The molecule has 1 aliphatic rings. The van der Waals surface area contributed by atoms with Crippen molar-refractivity contribution in [2.75, 3.05) is 0 Å². The maximum Gasteiger partial charge on any atom is 0.109 e. The molecule has 1 unspecified atom stereocenters. The molecule has 0 spiro atoms. The van der Waals surface area contributed by atoms with Crippen LogP contribution in [0.25, 0.3) is 10.9 Å². The fraction of sp³-hybridized carbons (Fsp3) is 0.278. The third-order valence-corrected chi connectivity index (χ3v) is 4.37. The standard InChI is InChI=1S/C18H17NO2/c20-18(10-3-6-17-15(18)9-11-21-17)12-14-8-7-13-4-1-2-5-16(13)19-14/h1-2,4-5,7-9,11,20H,3,6,10,12H2. The molecule has 3 aromatic rings. The molecule has 2 aromatic heterocycles. The molecule has 0 saturated carbocycles. The SMILES string of the molecule is OC1(Cc2ccc3ccccc3n2)CCCc2occc21. The highest BCUT2D eigenvalue weighted by Gasteiger charge is 2.36. The molecule has 2 heterocycles. The van der Waals surface area contributed by atoms with E-state index in [2.05, 4.69) is 17.1 Å². The molecule has 3 heteroatoms. The van der Waals surface area contributed by atoms with Crippen LogP contribution in [-0.4, -0.2) is 10.1 Å². The highest BCUT2D eigenvalue weighted by molar-refractivity contribution is 5.78. The van der Waals surface area contributed by atoms with Gasteiger partial charge < -0.3 is 9.52 Å². The summed E-state index contributed by atoms with van der Waals surface area (Å²) in [6.45, 7) is 0. The quantitative estimate of drug-likeness (QED) is 0.779. The number of fused-ring (bicyclic) bond motifs is 2. The molecule has 1 aromatic carbocycles. The summed E-state index contributed by atoms with van der Waals surface area (Å²) in [5, 5.41) is 12.2. The summed E-state index contributed by atoms with van der Waals surface area (Å²) >= 11 is 0. The second kappa shape index (κ2) is 4.71. The van der Waals surface area contributed by atoms with Crippen molar-refractivity contribution in [1.29, 1.82) is 0 Å². The number of para-hydroxylation sites is 1. The van der Waals surface area contributed by atoms with E-state index in [1.54, 1.807) is 6.26 Å². The lowest BCUT2D eigenvalue weighted by molar-refractivity contribution is 0.0160. The maximum atomic E-state index is 11.0. The van der Waals surface area contributed by atoms with Crippen LogP contribution in [0.2, 0.25) is 0 Å². The summed E-state index contributed by atoms with van der Waals surface area (Å²) in [7, 11) is 0. The Morgan fingerprint density at radius 3 is 3.00 bits per heavy atom. The molecule has 0 saturated heterocycles. The van der Waals surface area contributed by atoms with Gasteiger partial charge in [-0.2, -0.15) is 0 Å². The van der Waals surface area contributed by atoms with E-state index >= 15 is 0 Å². The molecule has 21 heavy (non-hydrogen) atoms. The van der Waals surface area contributed by atoms with Gasteiger partial charge in [0.05, 0.1) is 17.4 Å². The van der Waals surface area contributed by atoms with Crippen molar-refractivity contribution in [3.8, 4) is 0 Å².